The van der Waals surface area contributed by atoms with Gasteiger partial charge in [0, 0.05) is 0 Å². The Kier molecular flexibility index (Phi) is 7.64. The lowest BCUT2D eigenvalue weighted by Gasteiger charge is -2.14. The van der Waals surface area contributed by atoms with Crippen LogP contribution in [0.1, 0.15) is 16.7 Å². The zero-order chi connectivity index (χ0) is 23.5. The number of imide groups is 1. The summed E-state index contributed by atoms with van der Waals surface area (Å²) in [5.74, 6) is 0.0367. The minimum Gasteiger partial charge on any atom is -0.488 e. The Morgan fingerprint density at radius 3 is 2.33 bits per heavy atom. The van der Waals surface area contributed by atoms with Crippen LogP contribution in [0.2, 0.25) is 10.0 Å². The number of carbonyl (C=O) groups is 2. The molecule has 1 aliphatic heterocycles. The van der Waals surface area contributed by atoms with Gasteiger partial charge in [-0.2, -0.15) is 0 Å². The highest BCUT2D eigenvalue weighted by molar-refractivity contribution is 9.10. The molecule has 0 radical (unpaired) electrons. The van der Waals surface area contributed by atoms with Gasteiger partial charge in [-0.25, -0.2) is 4.39 Å². The van der Waals surface area contributed by atoms with Gasteiger partial charge in [-0.3, -0.25) is 14.5 Å². The molecule has 4 nitrogen and oxygen atoms in total. The van der Waals surface area contributed by atoms with Gasteiger partial charge in [0.05, 0.1) is 26.3 Å². The summed E-state index contributed by atoms with van der Waals surface area (Å²) in [5, 5.41) is 0.150. The van der Waals surface area contributed by atoms with Gasteiger partial charge in [0.25, 0.3) is 5.24 Å². The third kappa shape index (κ3) is 5.90. The molecule has 0 aromatic heterocycles. The number of ether oxygens (including phenoxy) is 1. The fraction of sp³-hybridized carbons (Fsp3) is 0.167. The smallest absolute Gasteiger partial charge is 0.289 e. The van der Waals surface area contributed by atoms with Crippen LogP contribution in [0, 0.1) is 5.82 Å². The largest absolute Gasteiger partial charge is 0.488 e. The average molecular weight is 569 g/mol. The Morgan fingerprint density at radius 2 is 1.64 bits per heavy atom. The maximum atomic E-state index is 13.1. The lowest BCUT2D eigenvalue weighted by atomic mass is 10.1. The minimum absolute atomic E-state index is 0.132. The molecule has 3 aromatic carbocycles. The van der Waals surface area contributed by atoms with Gasteiger partial charge in [-0.1, -0.05) is 59.2 Å². The number of hydrogen-bond acceptors (Lipinski definition) is 4. The summed E-state index contributed by atoms with van der Waals surface area (Å²) in [6.07, 6.45) is 0.404. The molecular weight excluding hydrogens is 552 g/mol. The Morgan fingerprint density at radius 1 is 0.939 bits per heavy atom. The van der Waals surface area contributed by atoms with Gasteiger partial charge in [-0.15, -0.1) is 0 Å². The number of rotatable bonds is 7. The van der Waals surface area contributed by atoms with Crippen LogP contribution < -0.4 is 4.74 Å². The normalized spacial score (nSPS) is 15.9. The highest BCUT2D eigenvalue weighted by Gasteiger charge is 2.39. The highest BCUT2D eigenvalue weighted by Crippen LogP contribution is 2.33. The summed E-state index contributed by atoms with van der Waals surface area (Å²) in [4.78, 5) is 26.4. The van der Waals surface area contributed by atoms with E-state index < -0.39 is 5.25 Å². The van der Waals surface area contributed by atoms with Gasteiger partial charge in [0.1, 0.15) is 18.2 Å². The molecule has 1 fully saturated rings. The highest BCUT2D eigenvalue weighted by atomic mass is 79.9. The van der Waals surface area contributed by atoms with E-state index in [-0.39, 0.29) is 23.5 Å². The van der Waals surface area contributed by atoms with Crippen molar-refractivity contribution in [3.05, 3.63) is 97.7 Å². The van der Waals surface area contributed by atoms with Crippen LogP contribution in [0.3, 0.4) is 0 Å². The third-order valence-electron chi connectivity index (χ3n) is 5.05. The first-order chi connectivity index (χ1) is 15.8. The molecule has 0 N–H and O–H groups in total. The maximum Gasteiger partial charge on any atom is 0.289 e. The molecule has 0 saturated carbocycles. The molecule has 1 aliphatic rings. The predicted molar refractivity (Wildman–Crippen MR) is 132 cm³/mol. The predicted octanol–water partition coefficient (Wildman–Crippen LogP) is 7.28. The van der Waals surface area contributed by atoms with Crippen molar-refractivity contribution in [1.29, 1.82) is 0 Å². The van der Waals surface area contributed by atoms with E-state index in [0.29, 0.717) is 34.4 Å². The molecule has 3 aromatic rings. The van der Waals surface area contributed by atoms with Crippen molar-refractivity contribution >= 4 is 62.0 Å². The van der Waals surface area contributed by atoms with Gasteiger partial charge in [-0.05, 0) is 75.4 Å². The van der Waals surface area contributed by atoms with Gasteiger partial charge in [0.2, 0.25) is 5.91 Å². The number of carbonyl (C=O) groups excluding carboxylic acids is 2. The van der Waals surface area contributed by atoms with Crippen LogP contribution in [0.4, 0.5) is 9.18 Å². The summed E-state index contributed by atoms with van der Waals surface area (Å²) in [5.41, 5.74) is 2.48. The van der Waals surface area contributed by atoms with E-state index in [1.807, 2.05) is 24.3 Å². The van der Waals surface area contributed by atoms with Gasteiger partial charge in [0.15, 0.2) is 0 Å². The molecule has 33 heavy (non-hydrogen) atoms. The fourth-order valence-corrected chi connectivity index (χ4v) is 5.23. The Balaban J connectivity index is 1.38. The van der Waals surface area contributed by atoms with E-state index in [2.05, 4.69) is 15.9 Å². The molecule has 0 spiro atoms. The lowest BCUT2D eigenvalue weighted by Crippen LogP contribution is -2.31. The third-order valence-corrected chi connectivity index (χ3v) is 7.49. The van der Waals surface area contributed by atoms with Crippen LogP contribution in [0.5, 0.6) is 5.75 Å². The topological polar surface area (TPSA) is 46.6 Å². The summed E-state index contributed by atoms with van der Waals surface area (Å²) < 4.78 is 19.7. The van der Waals surface area contributed by atoms with Crippen molar-refractivity contribution in [2.24, 2.45) is 0 Å². The number of halogens is 4. The molecule has 170 valence electrons. The van der Waals surface area contributed by atoms with E-state index in [1.165, 1.54) is 17.0 Å². The first-order valence-corrected chi connectivity index (χ1v) is 12.3. The van der Waals surface area contributed by atoms with Crippen molar-refractivity contribution < 1.29 is 18.7 Å². The van der Waals surface area contributed by atoms with E-state index in [4.69, 9.17) is 27.9 Å². The number of hydrogen-bond donors (Lipinski definition) is 0. The Bertz CT molecular complexity index is 1210. The monoisotopic (exact) mass is 567 g/mol. The van der Waals surface area contributed by atoms with Crippen LogP contribution in [0.25, 0.3) is 0 Å². The molecule has 0 bridgehead atoms. The average Bonchev–Trinajstić information content (AvgIpc) is 3.04. The summed E-state index contributed by atoms with van der Waals surface area (Å²) in [6, 6.07) is 16.7. The van der Waals surface area contributed by atoms with Crippen LogP contribution in [-0.4, -0.2) is 21.3 Å². The number of thioether (sulfide) groups is 1. The Hall–Kier alpha value is -2.06. The number of nitrogens with zero attached hydrogens (tertiary/aromatic N) is 1. The second kappa shape index (κ2) is 10.5. The summed E-state index contributed by atoms with van der Waals surface area (Å²) in [6.45, 7) is 0.450. The fourth-order valence-electron chi connectivity index (χ4n) is 3.34. The second-order valence-corrected chi connectivity index (χ2v) is 10.3. The molecule has 1 saturated heterocycles. The van der Waals surface area contributed by atoms with Crippen molar-refractivity contribution in [1.82, 2.24) is 4.90 Å². The Labute approximate surface area is 213 Å². The zero-order valence-corrected chi connectivity index (χ0v) is 21.0. The maximum absolute atomic E-state index is 13.1. The molecule has 4 rings (SSSR count). The SMILES string of the molecule is O=C1S[C@H](Cc2ccc(OCc3ccc(Cl)c(Cl)c3)c(Br)c2)C(=O)N1Cc1ccc(F)cc1. The quantitative estimate of drug-likeness (QED) is 0.300. The minimum atomic E-state index is -0.507. The lowest BCUT2D eigenvalue weighted by molar-refractivity contribution is -0.127. The molecule has 1 heterocycles. The van der Waals surface area contributed by atoms with Crippen LogP contribution in [-0.2, 0) is 24.4 Å². The van der Waals surface area contributed by atoms with Crippen LogP contribution in [0.15, 0.2) is 65.1 Å². The van der Waals surface area contributed by atoms with Crippen molar-refractivity contribution in [2.75, 3.05) is 0 Å². The van der Waals surface area contributed by atoms with Crippen molar-refractivity contribution in [3.63, 3.8) is 0 Å². The van der Waals surface area contributed by atoms with Crippen molar-refractivity contribution in [3.8, 4) is 5.75 Å². The molecule has 2 amide bonds. The summed E-state index contributed by atoms with van der Waals surface area (Å²) in [7, 11) is 0. The van der Waals surface area contributed by atoms with E-state index in [1.54, 1.807) is 24.3 Å². The first kappa shape index (κ1) is 24.1. The number of benzene rings is 3. The molecule has 0 unspecified atom stereocenters. The first-order valence-electron chi connectivity index (χ1n) is 9.92. The summed E-state index contributed by atoms with van der Waals surface area (Å²) >= 11 is 16.5. The molecule has 1 atom stereocenters. The van der Waals surface area contributed by atoms with E-state index in [0.717, 1.165) is 27.4 Å². The zero-order valence-electron chi connectivity index (χ0n) is 17.1. The van der Waals surface area contributed by atoms with Crippen LogP contribution >= 0.6 is 50.9 Å². The molecule has 0 aliphatic carbocycles. The second-order valence-electron chi connectivity index (χ2n) is 7.43. The van der Waals surface area contributed by atoms with E-state index in [9.17, 15) is 14.0 Å². The van der Waals surface area contributed by atoms with E-state index >= 15 is 0 Å². The van der Waals surface area contributed by atoms with Gasteiger partial charge >= 0.3 is 0 Å². The standard InChI is InChI=1S/C24H17BrCl2FNO3S/c25-18-9-15(4-8-21(18)32-13-16-3-7-19(26)20(27)10-16)11-22-23(30)29(24(31)33-22)12-14-1-5-17(28)6-2-14/h1-10,22H,11-13H2/t22-/m1/s1. The van der Waals surface area contributed by atoms with Crippen molar-refractivity contribution in [2.45, 2.75) is 24.8 Å². The number of amides is 2. The van der Waals surface area contributed by atoms with Gasteiger partial charge < -0.3 is 4.74 Å². The molecule has 9 heteroatoms. The molecular formula is C24H17BrCl2FNO3S.